The van der Waals surface area contributed by atoms with Crippen LogP contribution in [0.15, 0.2) is 42.6 Å². The Labute approximate surface area is 151 Å². The Morgan fingerprint density at radius 2 is 1.84 bits per heavy atom. The number of hydrogen-bond donors (Lipinski definition) is 1. The predicted octanol–water partition coefficient (Wildman–Crippen LogP) is 4.36. The van der Waals surface area contributed by atoms with Gasteiger partial charge >= 0.3 is 6.09 Å². The van der Waals surface area contributed by atoms with Crippen LogP contribution in [0.1, 0.15) is 31.1 Å². The van der Waals surface area contributed by atoms with E-state index in [9.17, 15) is 9.59 Å². The number of pyridine rings is 1. The molecule has 25 heavy (non-hydrogen) atoms. The molecule has 6 nitrogen and oxygen atoms in total. The molecule has 2 aromatic rings. The molecular weight excluding hydrogens is 342 g/mol. The van der Waals surface area contributed by atoms with E-state index in [1.54, 1.807) is 58.2 Å². The molecule has 7 heteroatoms. The van der Waals surface area contributed by atoms with E-state index in [1.165, 1.54) is 17.2 Å². The molecule has 1 aromatic carbocycles. The van der Waals surface area contributed by atoms with Crippen molar-refractivity contribution in [3.63, 3.8) is 0 Å². The summed E-state index contributed by atoms with van der Waals surface area (Å²) in [6.45, 7) is 5.37. The number of amides is 2. The van der Waals surface area contributed by atoms with Crippen molar-refractivity contribution in [2.45, 2.75) is 26.4 Å². The predicted molar refractivity (Wildman–Crippen MR) is 98.3 cm³/mol. The van der Waals surface area contributed by atoms with E-state index < -0.39 is 11.7 Å². The summed E-state index contributed by atoms with van der Waals surface area (Å²) in [7, 11) is 1.59. The fourth-order valence-corrected chi connectivity index (χ4v) is 2.12. The number of hydrogen-bond acceptors (Lipinski definition) is 4. The Kier molecular flexibility index (Phi) is 5.64. The van der Waals surface area contributed by atoms with E-state index in [2.05, 4.69) is 10.3 Å². The number of nitrogens with one attached hydrogen (secondary N) is 1. The van der Waals surface area contributed by atoms with Crippen LogP contribution in [0.3, 0.4) is 0 Å². The largest absolute Gasteiger partial charge is 0.443 e. The van der Waals surface area contributed by atoms with Gasteiger partial charge in [-0.25, -0.2) is 9.78 Å². The van der Waals surface area contributed by atoms with Gasteiger partial charge in [-0.3, -0.25) is 9.69 Å². The van der Waals surface area contributed by atoms with Gasteiger partial charge in [0.2, 0.25) is 0 Å². The van der Waals surface area contributed by atoms with Gasteiger partial charge in [0.25, 0.3) is 5.91 Å². The molecular formula is C18H20ClN3O3. The Morgan fingerprint density at radius 3 is 2.44 bits per heavy atom. The van der Waals surface area contributed by atoms with E-state index in [0.717, 1.165) is 0 Å². The van der Waals surface area contributed by atoms with Crippen molar-refractivity contribution in [2.75, 3.05) is 17.3 Å². The highest BCUT2D eigenvalue weighted by Gasteiger charge is 2.22. The zero-order valence-electron chi connectivity index (χ0n) is 14.5. The first-order valence-electron chi connectivity index (χ1n) is 7.66. The molecule has 1 aromatic heterocycles. The first-order valence-corrected chi connectivity index (χ1v) is 8.04. The number of anilines is 2. The third kappa shape index (κ3) is 5.19. The Bertz CT molecular complexity index is 770. The Morgan fingerprint density at radius 1 is 1.16 bits per heavy atom. The molecule has 0 radical (unpaired) electrons. The molecule has 132 valence electrons. The van der Waals surface area contributed by atoms with Crippen LogP contribution in [0.25, 0.3) is 0 Å². The highest BCUT2D eigenvalue weighted by Crippen LogP contribution is 2.26. The van der Waals surface area contributed by atoms with Gasteiger partial charge in [0, 0.05) is 13.2 Å². The topological polar surface area (TPSA) is 71.5 Å². The van der Waals surface area contributed by atoms with Crippen LogP contribution in [0.4, 0.5) is 16.2 Å². The highest BCUT2D eigenvalue weighted by molar-refractivity contribution is 6.29. The lowest BCUT2D eigenvalue weighted by Crippen LogP contribution is -2.34. The molecule has 2 amide bonds. The van der Waals surface area contributed by atoms with E-state index in [0.29, 0.717) is 22.1 Å². The van der Waals surface area contributed by atoms with Gasteiger partial charge in [-0.15, -0.1) is 0 Å². The molecule has 1 N–H and O–H groups in total. The fourth-order valence-electron chi connectivity index (χ4n) is 2.01. The highest BCUT2D eigenvalue weighted by atomic mass is 35.5. The van der Waals surface area contributed by atoms with Crippen molar-refractivity contribution in [3.8, 4) is 0 Å². The number of para-hydroxylation sites is 2. The van der Waals surface area contributed by atoms with E-state index >= 15 is 0 Å². The summed E-state index contributed by atoms with van der Waals surface area (Å²) in [6, 6.07) is 10.1. The normalized spacial score (nSPS) is 10.9. The summed E-state index contributed by atoms with van der Waals surface area (Å²) in [4.78, 5) is 29.9. The number of halogens is 1. The maximum Gasteiger partial charge on any atom is 0.414 e. The zero-order chi connectivity index (χ0) is 18.6. The van der Waals surface area contributed by atoms with Crippen molar-refractivity contribution in [1.82, 2.24) is 4.98 Å². The first-order chi connectivity index (χ1) is 11.7. The molecule has 0 fully saturated rings. The number of rotatable bonds is 3. The van der Waals surface area contributed by atoms with Gasteiger partial charge in [-0.05, 0) is 45.0 Å². The minimum Gasteiger partial charge on any atom is -0.443 e. The van der Waals surface area contributed by atoms with Gasteiger partial charge in [0.15, 0.2) is 0 Å². The van der Waals surface area contributed by atoms with E-state index in [-0.39, 0.29) is 5.91 Å². The van der Waals surface area contributed by atoms with Crippen molar-refractivity contribution >= 4 is 35.0 Å². The molecule has 0 saturated heterocycles. The zero-order valence-corrected chi connectivity index (χ0v) is 15.3. The number of carbonyl (C=O) groups is 2. The summed E-state index contributed by atoms with van der Waals surface area (Å²) >= 11 is 5.73. The molecule has 0 unspecified atom stereocenters. The quantitative estimate of drug-likeness (QED) is 0.824. The molecule has 0 aliphatic rings. The van der Waals surface area contributed by atoms with Gasteiger partial charge in [0.1, 0.15) is 10.8 Å². The van der Waals surface area contributed by atoms with Crippen molar-refractivity contribution in [1.29, 1.82) is 0 Å². The molecule has 0 saturated carbocycles. The number of benzene rings is 1. The summed E-state index contributed by atoms with van der Waals surface area (Å²) in [5.74, 6) is -0.353. The van der Waals surface area contributed by atoms with Crippen LogP contribution in [0.2, 0.25) is 5.15 Å². The van der Waals surface area contributed by atoms with Crippen LogP contribution in [0, 0.1) is 0 Å². The SMILES string of the molecule is CN(C(=O)OC(C)(C)C)c1ccccc1NC(=O)c1ccc(Cl)nc1. The Hall–Kier alpha value is -2.60. The van der Waals surface area contributed by atoms with Gasteiger partial charge in [-0.1, -0.05) is 23.7 Å². The first kappa shape index (κ1) is 18.7. The molecule has 0 atom stereocenters. The van der Waals surface area contributed by atoms with Crippen LogP contribution < -0.4 is 10.2 Å². The standard InChI is InChI=1S/C18H20ClN3O3/c1-18(2,3)25-17(24)22(4)14-8-6-5-7-13(14)21-16(23)12-9-10-15(19)20-11-12/h5-11H,1-4H3,(H,21,23). The lowest BCUT2D eigenvalue weighted by Gasteiger charge is -2.26. The van der Waals surface area contributed by atoms with Crippen molar-refractivity contribution < 1.29 is 14.3 Å². The molecule has 0 aliphatic heterocycles. The number of carbonyl (C=O) groups excluding carboxylic acids is 2. The summed E-state index contributed by atoms with van der Waals surface area (Å²) in [5.41, 5.74) is 0.750. The fraction of sp³-hybridized carbons (Fsp3) is 0.278. The smallest absolute Gasteiger partial charge is 0.414 e. The van der Waals surface area contributed by atoms with Crippen LogP contribution in [-0.2, 0) is 4.74 Å². The summed E-state index contributed by atoms with van der Waals surface area (Å²) < 4.78 is 5.36. The second-order valence-electron chi connectivity index (χ2n) is 6.38. The third-order valence-electron chi connectivity index (χ3n) is 3.17. The van der Waals surface area contributed by atoms with Crippen LogP contribution in [0.5, 0.6) is 0 Å². The minimum atomic E-state index is -0.613. The average molecular weight is 362 g/mol. The second kappa shape index (κ2) is 7.53. The second-order valence-corrected chi connectivity index (χ2v) is 6.77. The van der Waals surface area contributed by atoms with Gasteiger partial charge < -0.3 is 10.1 Å². The molecule has 0 bridgehead atoms. The van der Waals surface area contributed by atoms with Gasteiger partial charge in [-0.2, -0.15) is 0 Å². The van der Waals surface area contributed by atoms with Crippen LogP contribution in [-0.4, -0.2) is 29.6 Å². The summed E-state index contributed by atoms with van der Waals surface area (Å²) in [6.07, 6.45) is 0.875. The lowest BCUT2D eigenvalue weighted by atomic mass is 10.2. The number of nitrogens with zero attached hydrogens (tertiary/aromatic N) is 2. The maximum absolute atomic E-state index is 12.4. The Balaban J connectivity index is 2.21. The van der Waals surface area contributed by atoms with Crippen molar-refractivity contribution in [2.24, 2.45) is 0 Å². The van der Waals surface area contributed by atoms with Crippen LogP contribution >= 0.6 is 11.6 Å². The molecule has 0 spiro atoms. The van der Waals surface area contributed by atoms with Gasteiger partial charge in [0.05, 0.1) is 16.9 Å². The molecule has 2 rings (SSSR count). The van der Waals surface area contributed by atoms with E-state index in [1.807, 2.05) is 0 Å². The third-order valence-corrected chi connectivity index (χ3v) is 3.39. The summed E-state index contributed by atoms with van der Waals surface area (Å²) in [5, 5.41) is 3.08. The minimum absolute atomic E-state index is 0.307. The maximum atomic E-state index is 12.4. The molecule has 0 aliphatic carbocycles. The number of aromatic nitrogens is 1. The monoisotopic (exact) mass is 361 g/mol. The molecule has 1 heterocycles. The lowest BCUT2D eigenvalue weighted by molar-refractivity contribution is 0.0589. The average Bonchev–Trinajstić information content (AvgIpc) is 2.53. The van der Waals surface area contributed by atoms with E-state index in [4.69, 9.17) is 16.3 Å². The van der Waals surface area contributed by atoms with Crippen molar-refractivity contribution in [3.05, 3.63) is 53.3 Å². The number of ether oxygens (including phenoxy) is 1.